The molecule has 0 unspecified atom stereocenters. The number of carboxylic acid groups (broad SMARTS) is 1. The molecule has 1 rings (SSSR count). The number of carboxylic acids is 1. The molecule has 0 radical (unpaired) electrons. The number of carbonyl (C=O) groups is 8. The third-order valence-corrected chi connectivity index (χ3v) is 6.53. The summed E-state index contributed by atoms with van der Waals surface area (Å²) < 4.78 is 31.5. The predicted octanol–water partition coefficient (Wildman–Crippen LogP) is -1.97. The molecule has 1 aliphatic heterocycles. The fourth-order valence-electron chi connectivity index (χ4n) is 3.89. The summed E-state index contributed by atoms with van der Waals surface area (Å²) in [5.41, 5.74) is 0. The SMILES string of the molecule is CCC(=O)N[C@@H](CCC(=O)NCCOCCOCC(=O)NCCOCCOCC(=O)CCCOCCOCC(=O)ON1C(=O)CCC1=O)C(=O)O. The Hall–Kier alpha value is -4.08. The minimum Gasteiger partial charge on any atom is -0.480 e. The zero-order chi connectivity index (χ0) is 37.7. The van der Waals surface area contributed by atoms with Crippen LogP contribution >= 0.6 is 0 Å². The van der Waals surface area contributed by atoms with Crippen LogP contribution in [0, 0.1) is 0 Å². The molecule has 1 heterocycles. The number of rotatable bonds is 32. The average molecular weight is 735 g/mol. The number of nitrogens with one attached hydrogen (secondary N) is 3. The van der Waals surface area contributed by atoms with Gasteiger partial charge in [0.05, 0.1) is 52.9 Å². The molecular weight excluding hydrogens is 684 g/mol. The van der Waals surface area contributed by atoms with Crippen LogP contribution in [0.15, 0.2) is 0 Å². The highest BCUT2D eigenvalue weighted by atomic mass is 16.7. The van der Waals surface area contributed by atoms with Crippen molar-refractivity contribution in [1.82, 2.24) is 21.0 Å². The van der Waals surface area contributed by atoms with Gasteiger partial charge in [-0.15, -0.1) is 5.06 Å². The summed E-state index contributed by atoms with van der Waals surface area (Å²) in [4.78, 5) is 97.1. The lowest BCUT2D eigenvalue weighted by Gasteiger charge is -2.13. The number of ketones is 1. The number of hydrogen-bond donors (Lipinski definition) is 4. The van der Waals surface area contributed by atoms with Gasteiger partial charge in [-0.1, -0.05) is 6.92 Å². The van der Waals surface area contributed by atoms with Gasteiger partial charge in [0.2, 0.25) is 17.7 Å². The minimum absolute atomic E-state index is 0.00923. The quantitative estimate of drug-likeness (QED) is 0.0432. The molecule has 5 amide bonds. The van der Waals surface area contributed by atoms with Crippen LogP contribution in [0.3, 0.4) is 0 Å². The van der Waals surface area contributed by atoms with E-state index in [1.54, 1.807) is 6.92 Å². The van der Waals surface area contributed by atoms with E-state index in [1.807, 2.05) is 0 Å². The normalized spacial score (nSPS) is 13.2. The van der Waals surface area contributed by atoms with Crippen LogP contribution in [-0.2, 0) is 71.6 Å². The van der Waals surface area contributed by atoms with Crippen molar-refractivity contribution < 1.29 is 76.7 Å². The van der Waals surface area contributed by atoms with Gasteiger partial charge in [0.1, 0.15) is 25.9 Å². The lowest BCUT2D eigenvalue weighted by molar-refractivity contribution is -0.200. The second-order valence-corrected chi connectivity index (χ2v) is 10.7. The van der Waals surface area contributed by atoms with Gasteiger partial charge in [-0.05, 0) is 12.8 Å². The van der Waals surface area contributed by atoms with Gasteiger partial charge < -0.3 is 54.3 Å². The highest BCUT2D eigenvalue weighted by molar-refractivity contribution is 6.01. The van der Waals surface area contributed by atoms with Crippen molar-refractivity contribution >= 4 is 47.3 Å². The Morgan fingerprint density at radius 1 is 0.667 bits per heavy atom. The summed E-state index contributed by atoms with van der Waals surface area (Å²) in [5.74, 6) is -4.43. The lowest BCUT2D eigenvalue weighted by Crippen LogP contribution is -2.41. The van der Waals surface area contributed by atoms with Crippen molar-refractivity contribution in [3.63, 3.8) is 0 Å². The van der Waals surface area contributed by atoms with Gasteiger partial charge in [-0.25, -0.2) is 9.59 Å². The molecule has 0 aromatic rings. The first-order chi connectivity index (χ1) is 24.5. The number of aliphatic carboxylic acids is 1. The molecule has 20 nitrogen and oxygen atoms in total. The van der Waals surface area contributed by atoms with Gasteiger partial charge >= 0.3 is 11.9 Å². The largest absolute Gasteiger partial charge is 0.480 e. The summed E-state index contributed by atoms with van der Waals surface area (Å²) in [6.45, 7) is 3.15. The van der Waals surface area contributed by atoms with Crippen molar-refractivity contribution in [3.8, 4) is 0 Å². The number of amides is 5. The lowest BCUT2D eigenvalue weighted by atomic mass is 10.1. The highest BCUT2D eigenvalue weighted by Crippen LogP contribution is 2.12. The first-order valence-electron chi connectivity index (χ1n) is 16.6. The Labute approximate surface area is 295 Å². The number of Topliss-reactive ketones (excluding diaryl/α,β-unsaturated/α-hetero) is 1. The van der Waals surface area contributed by atoms with Gasteiger partial charge in [0.25, 0.3) is 11.8 Å². The van der Waals surface area contributed by atoms with Crippen LogP contribution < -0.4 is 16.0 Å². The molecule has 1 atom stereocenters. The number of ether oxygens (including phenoxy) is 6. The maximum absolute atomic E-state index is 11.9. The molecule has 0 saturated carbocycles. The molecule has 1 fully saturated rings. The van der Waals surface area contributed by atoms with Crippen molar-refractivity contribution in [1.29, 1.82) is 0 Å². The van der Waals surface area contributed by atoms with E-state index in [2.05, 4.69) is 20.8 Å². The standard InChI is InChI=1S/C31H50N4O16/c1-2-25(37)34-24(31(43)44)5-6-26(38)32-9-12-46-16-18-49-21-27(39)33-10-13-47-15-17-48-20-23(36)4-3-11-45-14-19-50-22-30(42)51-35-28(40)7-8-29(35)41/h24H,2-22H2,1H3,(H,32,38)(H,33,39)(H,34,37)(H,43,44)/t24-/m0/s1. The molecule has 51 heavy (non-hydrogen) atoms. The molecule has 1 saturated heterocycles. The first-order valence-corrected chi connectivity index (χ1v) is 16.6. The molecule has 1 aliphatic rings. The second kappa shape index (κ2) is 28.6. The number of carbonyl (C=O) groups excluding carboxylic acids is 7. The van der Waals surface area contributed by atoms with E-state index in [0.717, 1.165) is 0 Å². The Bertz CT molecular complexity index is 1110. The van der Waals surface area contributed by atoms with Crippen LogP contribution in [0.4, 0.5) is 0 Å². The number of imide groups is 1. The van der Waals surface area contributed by atoms with E-state index in [1.165, 1.54) is 0 Å². The van der Waals surface area contributed by atoms with E-state index >= 15 is 0 Å². The van der Waals surface area contributed by atoms with Crippen LogP contribution in [0.5, 0.6) is 0 Å². The van der Waals surface area contributed by atoms with Gasteiger partial charge in [-0.3, -0.25) is 28.8 Å². The van der Waals surface area contributed by atoms with E-state index in [0.29, 0.717) is 18.1 Å². The molecule has 0 aromatic carbocycles. The topological polar surface area (TPSA) is 261 Å². The van der Waals surface area contributed by atoms with E-state index in [4.69, 9.17) is 33.5 Å². The molecular formula is C31H50N4O16. The van der Waals surface area contributed by atoms with Crippen LogP contribution in [0.25, 0.3) is 0 Å². The summed E-state index contributed by atoms with van der Waals surface area (Å²) in [6.07, 6.45) is 0.791. The van der Waals surface area contributed by atoms with Crippen LogP contribution in [0.2, 0.25) is 0 Å². The summed E-state index contributed by atoms with van der Waals surface area (Å²) in [7, 11) is 0. The van der Waals surface area contributed by atoms with Crippen molar-refractivity contribution in [2.75, 3.05) is 92.4 Å². The summed E-state index contributed by atoms with van der Waals surface area (Å²) in [5, 5.41) is 17.1. The number of hydrogen-bond acceptors (Lipinski definition) is 15. The van der Waals surface area contributed by atoms with Crippen molar-refractivity contribution in [3.05, 3.63) is 0 Å². The van der Waals surface area contributed by atoms with Crippen molar-refractivity contribution in [2.45, 2.75) is 57.9 Å². The molecule has 4 N–H and O–H groups in total. The Kier molecular flexibility index (Phi) is 25.2. The van der Waals surface area contributed by atoms with Crippen molar-refractivity contribution in [2.24, 2.45) is 0 Å². The molecule has 0 bridgehead atoms. The van der Waals surface area contributed by atoms with Gasteiger partial charge in [0, 0.05) is 51.8 Å². The Morgan fingerprint density at radius 2 is 1.20 bits per heavy atom. The molecule has 20 heteroatoms. The molecule has 0 aromatic heterocycles. The van der Waals surface area contributed by atoms with Crippen LogP contribution in [0.1, 0.15) is 51.9 Å². The Morgan fingerprint density at radius 3 is 1.78 bits per heavy atom. The fourth-order valence-corrected chi connectivity index (χ4v) is 3.89. The maximum atomic E-state index is 11.9. The predicted molar refractivity (Wildman–Crippen MR) is 171 cm³/mol. The summed E-state index contributed by atoms with van der Waals surface area (Å²) in [6, 6.07) is -1.13. The van der Waals surface area contributed by atoms with Gasteiger partial charge in [0.15, 0.2) is 5.78 Å². The highest BCUT2D eigenvalue weighted by Gasteiger charge is 2.32. The van der Waals surface area contributed by atoms with E-state index < -0.39 is 42.3 Å². The zero-order valence-corrected chi connectivity index (χ0v) is 28.9. The molecule has 0 spiro atoms. The second-order valence-electron chi connectivity index (χ2n) is 10.7. The molecule has 290 valence electrons. The number of nitrogens with zero attached hydrogens (tertiary/aromatic N) is 1. The average Bonchev–Trinajstić information content (AvgIpc) is 3.41. The first kappa shape index (κ1) is 44.9. The smallest absolute Gasteiger partial charge is 0.358 e. The molecule has 0 aliphatic carbocycles. The zero-order valence-electron chi connectivity index (χ0n) is 28.9. The summed E-state index contributed by atoms with van der Waals surface area (Å²) >= 11 is 0. The minimum atomic E-state index is -1.20. The third-order valence-electron chi connectivity index (χ3n) is 6.53. The maximum Gasteiger partial charge on any atom is 0.358 e. The van der Waals surface area contributed by atoms with E-state index in [-0.39, 0.29) is 135 Å². The van der Waals surface area contributed by atoms with Gasteiger partial charge in [-0.2, -0.15) is 0 Å². The Balaban J connectivity index is 1.84. The number of hydroxylamine groups is 2. The monoisotopic (exact) mass is 734 g/mol. The third kappa shape index (κ3) is 23.9. The van der Waals surface area contributed by atoms with E-state index in [9.17, 15) is 38.4 Å². The van der Waals surface area contributed by atoms with Crippen LogP contribution in [-0.4, -0.2) is 156 Å². The fraction of sp³-hybridized carbons (Fsp3) is 0.742.